The average molecular weight is 428 g/mol. The summed E-state index contributed by atoms with van der Waals surface area (Å²) in [6.45, 7) is 5.38. The van der Waals surface area contributed by atoms with E-state index in [-0.39, 0.29) is 19.7 Å². The van der Waals surface area contributed by atoms with Gasteiger partial charge >= 0.3 is 12.2 Å². The molecule has 0 aliphatic rings. The Bertz CT molecular complexity index is 851. The van der Waals surface area contributed by atoms with Crippen LogP contribution in [0.25, 0.3) is 0 Å². The number of ether oxygens (including phenoxy) is 2. The van der Waals surface area contributed by atoms with E-state index in [1.165, 1.54) is 0 Å². The highest BCUT2D eigenvalue weighted by Crippen LogP contribution is 2.06. The predicted molar refractivity (Wildman–Crippen MR) is 116 cm³/mol. The lowest BCUT2D eigenvalue weighted by atomic mass is 10.2. The highest BCUT2D eigenvalue weighted by Gasteiger charge is 2.24. The molecule has 2 aromatic carbocycles. The van der Waals surface area contributed by atoms with Crippen LogP contribution in [-0.2, 0) is 27.4 Å². The van der Waals surface area contributed by atoms with Crippen LogP contribution in [0.4, 0.5) is 9.59 Å². The van der Waals surface area contributed by atoms with Gasteiger partial charge in [0.2, 0.25) is 5.91 Å². The van der Waals surface area contributed by atoms with Crippen molar-refractivity contribution in [1.82, 2.24) is 16.0 Å². The van der Waals surface area contributed by atoms with Crippen molar-refractivity contribution in [2.45, 2.75) is 45.6 Å². The summed E-state index contributed by atoms with van der Waals surface area (Å²) in [5.74, 6) is -0.462. The Labute approximate surface area is 182 Å². The molecule has 0 saturated heterocycles. The van der Waals surface area contributed by atoms with E-state index in [0.717, 1.165) is 11.1 Å². The van der Waals surface area contributed by atoms with Gasteiger partial charge in [-0.2, -0.15) is 0 Å². The molecule has 166 valence electrons. The standard InChI is InChI=1S/C23H29N3O5/c1-23(2,3)31-21(28)25-15-19(20(27)24-14-17-10-6-4-7-11-17)26-22(29)30-16-18-12-8-5-9-13-18/h4-13,19H,14-16H2,1-3H3,(H,24,27)(H,25,28)(H,26,29)/t19-/m0/s1. The van der Waals surface area contributed by atoms with Gasteiger partial charge < -0.3 is 25.4 Å². The highest BCUT2D eigenvalue weighted by atomic mass is 16.6. The van der Waals surface area contributed by atoms with Crippen molar-refractivity contribution < 1.29 is 23.9 Å². The quantitative estimate of drug-likeness (QED) is 0.600. The topological polar surface area (TPSA) is 106 Å². The van der Waals surface area contributed by atoms with Crippen LogP contribution < -0.4 is 16.0 Å². The zero-order chi connectivity index (χ0) is 22.7. The molecule has 0 unspecified atom stereocenters. The van der Waals surface area contributed by atoms with E-state index < -0.39 is 29.7 Å². The summed E-state index contributed by atoms with van der Waals surface area (Å²) in [6.07, 6.45) is -1.46. The second kappa shape index (κ2) is 11.6. The molecule has 8 heteroatoms. The molecule has 0 aromatic heterocycles. The van der Waals surface area contributed by atoms with Crippen LogP contribution in [0, 0.1) is 0 Å². The Morgan fingerprint density at radius 1 is 0.839 bits per heavy atom. The third kappa shape index (κ3) is 9.66. The molecule has 0 spiro atoms. The van der Waals surface area contributed by atoms with Crippen LogP contribution in [0.2, 0.25) is 0 Å². The molecule has 8 nitrogen and oxygen atoms in total. The normalized spacial score (nSPS) is 11.7. The second-order valence-corrected chi connectivity index (χ2v) is 7.84. The SMILES string of the molecule is CC(C)(C)OC(=O)NC[C@H](NC(=O)OCc1ccccc1)C(=O)NCc1ccccc1. The number of nitrogens with one attached hydrogen (secondary N) is 3. The van der Waals surface area contributed by atoms with E-state index in [9.17, 15) is 14.4 Å². The monoisotopic (exact) mass is 427 g/mol. The van der Waals surface area contributed by atoms with Gasteiger partial charge in [0.25, 0.3) is 0 Å². The molecule has 0 heterocycles. The summed E-state index contributed by atoms with van der Waals surface area (Å²) in [5.41, 5.74) is 1.04. The summed E-state index contributed by atoms with van der Waals surface area (Å²) in [6, 6.07) is 17.5. The smallest absolute Gasteiger partial charge is 0.408 e. The number of rotatable bonds is 8. The van der Waals surface area contributed by atoms with Gasteiger partial charge in [-0.05, 0) is 31.9 Å². The van der Waals surface area contributed by atoms with Crippen molar-refractivity contribution in [2.75, 3.05) is 6.54 Å². The van der Waals surface area contributed by atoms with Gasteiger partial charge in [0.05, 0.1) is 6.54 Å². The summed E-state index contributed by atoms with van der Waals surface area (Å²) in [5, 5.41) is 7.75. The lowest BCUT2D eigenvalue weighted by molar-refractivity contribution is -0.123. The maximum Gasteiger partial charge on any atom is 0.408 e. The summed E-state index contributed by atoms with van der Waals surface area (Å²) in [7, 11) is 0. The fourth-order valence-corrected chi connectivity index (χ4v) is 2.52. The minimum atomic E-state index is -1.04. The molecule has 0 fully saturated rings. The summed E-state index contributed by atoms with van der Waals surface area (Å²) >= 11 is 0. The van der Waals surface area contributed by atoms with E-state index in [1.807, 2.05) is 60.7 Å². The molecule has 0 bridgehead atoms. The molecule has 1 atom stereocenters. The van der Waals surface area contributed by atoms with Crippen LogP contribution >= 0.6 is 0 Å². The molecule has 0 aliphatic heterocycles. The van der Waals surface area contributed by atoms with Crippen LogP contribution in [0.5, 0.6) is 0 Å². The molecule has 0 saturated carbocycles. The van der Waals surface area contributed by atoms with Crippen molar-refractivity contribution in [3.8, 4) is 0 Å². The van der Waals surface area contributed by atoms with Crippen LogP contribution in [-0.4, -0.2) is 36.3 Å². The first kappa shape index (κ1) is 23.7. The van der Waals surface area contributed by atoms with E-state index in [1.54, 1.807) is 20.8 Å². The molecular formula is C23H29N3O5. The van der Waals surface area contributed by atoms with Crippen LogP contribution in [0.1, 0.15) is 31.9 Å². The Balaban J connectivity index is 1.93. The van der Waals surface area contributed by atoms with Gasteiger partial charge in [-0.1, -0.05) is 60.7 Å². The Hall–Kier alpha value is -3.55. The number of benzene rings is 2. The maximum atomic E-state index is 12.7. The van der Waals surface area contributed by atoms with Crippen molar-refractivity contribution in [2.24, 2.45) is 0 Å². The van der Waals surface area contributed by atoms with Crippen molar-refractivity contribution >= 4 is 18.1 Å². The number of hydrogen-bond acceptors (Lipinski definition) is 5. The Kier molecular flexibility index (Phi) is 8.87. The number of carbonyl (C=O) groups excluding carboxylic acids is 3. The van der Waals surface area contributed by atoms with Gasteiger partial charge in [0.15, 0.2) is 0 Å². The van der Waals surface area contributed by atoms with Gasteiger partial charge in [-0.15, -0.1) is 0 Å². The highest BCUT2D eigenvalue weighted by molar-refractivity contribution is 5.86. The Morgan fingerprint density at radius 2 is 1.42 bits per heavy atom. The fraction of sp³-hybridized carbons (Fsp3) is 0.348. The summed E-state index contributed by atoms with van der Waals surface area (Å²) < 4.78 is 10.4. The molecule has 3 N–H and O–H groups in total. The van der Waals surface area contributed by atoms with Crippen molar-refractivity contribution in [3.05, 3.63) is 71.8 Å². The summed E-state index contributed by atoms with van der Waals surface area (Å²) in [4.78, 5) is 36.8. The predicted octanol–water partition coefficient (Wildman–Crippen LogP) is 3.12. The van der Waals surface area contributed by atoms with E-state index in [4.69, 9.17) is 9.47 Å². The average Bonchev–Trinajstić information content (AvgIpc) is 2.73. The maximum absolute atomic E-state index is 12.7. The van der Waals surface area contributed by atoms with E-state index in [2.05, 4.69) is 16.0 Å². The molecule has 0 aliphatic carbocycles. The lowest BCUT2D eigenvalue weighted by Gasteiger charge is -2.22. The van der Waals surface area contributed by atoms with Gasteiger partial charge in [0.1, 0.15) is 18.2 Å². The van der Waals surface area contributed by atoms with E-state index in [0.29, 0.717) is 0 Å². The van der Waals surface area contributed by atoms with Crippen LogP contribution in [0.3, 0.4) is 0 Å². The fourth-order valence-electron chi connectivity index (χ4n) is 2.52. The molecule has 3 amide bonds. The van der Waals surface area contributed by atoms with Crippen molar-refractivity contribution in [3.63, 3.8) is 0 Å². The van der Waals surface area contributed by atoms with Crippen molar-refractivity contribution in [1.29, 1.82) is 0 Å². The second-order valence-electron chi connectivity index (χ2n) is 7.84. The largest absolute Gasteiger partial charge is 0.445 e. The molecular weight excluding hydrogens is 398 g/mol. The number of hydrogen-bond donors (Lipinski definition) is 3. The number of carbonyl (C=O) groups is 3. The number of amides is 3. The minimum absolute atomic E-state index is 0.0600. The first-order valence-electron chi connectivity index (χ1n) is 9.98. The minimum Gasteiger partial charge on any atom is -0.445 e. The van der Waals surface area contributed by atoms with Crippen LogP contribution in [0.15, 0.2) is 60.7 Å². The van der Waals surface area contributed by atoms with E-state index >= 15 is 0 Å². The zero-order valence-electron chi connectivity index (χ0n) is 18.0. The Morgan fingerprint density at radius 3 is 2.00 bits per heavy atom. The molecule has 31 heavy (non-hydrogen) atoms. The third-order valence-corrected chi connectivity index (χ3v) is 3.98. The van der Waals surface area contributed by atoms with Gasteiger partial charge in [-0.25, -0.2) is 9.59 Å². The first-order chi connectivity index (χ1) is 14.7. The zero-order valence-corrected chi connectivity index (χ0v) is 18.0. The number of alkyl carbamates (subject to hydrolysis) is 2. The first-order valence-corrected chi connectivity index (χ1v) is 9.98. The lowest BCUT2D eigenvalue weighted by Crippen LogP contribution is -2.53. The molecule has 0 radical (unpaired) electrons. The van der Waals surface area contributed by atoms with Gasteiger partial charge in [0, 0.05) is 6.54 Å². The molecule has 2 aromatic rings. The molecule has 2 rings (SSSR count). The third-order valence-electron chi connectivity index (χ3n) is 3.98. The van der Waals surface area contributed by atoms with Gasteiger partial charge in [-0.3, -0.25) is 4.79 Å².